The summed E-state index contributed by atoms with van der Waals surface area (Å²) in [5.74, 6) is 0.873. The molecule has 0 unspecified atom stereocenters. The number of rotatable bonds is 5. The highest BCUT2D eigenvalue weighted by Gasteiger charge is 2.09. The zero-order valence-corrected chi connectivity index (χ0v) is 14.8. The van der Waals surface area contributed by atoms with Crippen molar-refractivity contribution in [3.63, 3.8) is 0 Å². The topological polar surface area (TPSA) is 12.5 Å². The summed E-state index contributed by atoms with van der Waals surface area (Å²) in [4.78, 5) is 2.53. The fourth-order valence-electron chi connectivity index (χ4n) is 2.25. The van der Waals surface area contributed by atoms with Gasteiger partial charge in [0.15, 0.2) is 0 Å². The Labute approximate surface area is 139 Å². The Kier molecular flexibility index (Phi) is 8.38. The van der Waals surface area contributed by atoms with Gasteiger partial charge in [0, 0.05) is 11.6 Å². The lowest BCUT2D eigenvalue weighted by atomic mass is 10.1. The molecule has 0 radical (unpaired) electrons. The molecule has 19 heavy (non-hydrogen) atoms. The van der Waals surface area contributed by atoms with Crippen LogP contribution in [0, 0.1) is 0 Å². The lowest BCUT2D eigenvalue weighted by Crippen LogP contribution is -3.00. The average Bonchev–Trinajstić information content (AvgIpc) is 2.38. The second kappa shape index (κ2) is 9.22. The van der Waals surface area contributed by atoms with Gasteiger partial charge >= 0.3 is 0 Å². The van der Waals surface area contributed by atoms with Crippen LogP contribution >= 0.6 is 27.5 Å². The summed E-state index contributed by atoms with van der Waals surface area (Å²) < 4.78 is 6.67. The zero-order chi connectivity index (χ0) is 12.8. The maximum Gasteiger partial charge on any atom is 0.133 e. The van der Waals surface area contributed by atoms with E-state index < -0.39 is 0 Å². The largest absolute Gasteiger partial charge is 1.00 e. The zero-order valence-electron chi connectivity index (χ0n) is 10.9. The normalized spacial score (nSPS) is 15.9. The summed E-state index contributed by atoms with van der Waals surface area (Å²) in [5.41, 5.74) is 0. The van der Waals surface area contributed by atoms with Crippen LogP contribution in [0.1, 0.15) is 25.7 Å². The van der Waals surface area contributed by atoms with Crippen molar-refractivity contribution in [3.8, 4) is 5.75 Å². The van der Waals surface area contributed by atoms with Crippen molar-refractivity contribution in [2.75, 3.05) is 26.2 Å². The summed E-state index contributed by atoms with van der Waals surface area (Å²) in [6.45, 7) is 4.41. The fourth-order valence-corrected chi connectivity index (χ4v) is 3.04. The molecule has 0 amide bonds. The number of hydrogen-bond donors (Lipinski definition) is 0. The van der Waals surface area contributed by atoms with Crippen molar-refractivity contribution in [2.24, 2.45) is 0 Å². The van der Waals surface area contributed by atoms with Crippen LogP contribution in [0.5, 0.6) is 5.75 Å². The van der Waals surface area contributed by atoms with Gasteiger partial charge in [0.1, 0.15) is 5.75 Å². The lowest BCUT2D eigenvalue weighted by molar-refractivity contribution is -0.00000400. The minimum atomic E-state index is 0. The number of halogens is 3. The molecule has 5 heteroatoms. The Bertz CT molecular complexity index is 384. The van der Waals surface area contributed by atoms with Gasteiger partial charge in [-0.25, -0.2) is 0 Å². The second-order valence-electron chi connectivity index (χ2n) is 4.68. The average molecular weight is 413 g/mol. The summed E-state index contributed by atoms with van der Waals surface area (Å²) in [5, 5.41) is 0.725. The fraction of sp³-hybridized carbons (Fsp3) is 0.571. The number of piperidine rings is 1. The van der Waals surface area contributed by atoms with E-state index in [1.807, 2.05) is 18.2 Å². The number of benzene rings is 1. The van der Waals surface area contributed by atoms with Crippen LogP contribution in [0.4, 0.5) is 0 Å². The molecular formula is C14H19Br2ClNO-. The number of likely N-dealkylation sites (tertiary alicyclic amines) is 1. The van der Waals surface area contributed by atoms with E-state index in [9.17, 15) is 0 Å². The van der Waals surface area contributed by atoms with Crippen molar-refractivity contribution < 1.29 is 21.7 Å². The maximum atomic E-state index is 5.89. The predicted octanol–water partition coefficient (Wildman–Crippen LogP) is 1.36. The minimum absolute atomic E-state index is 0. The van der Waals surface area contributed by atoms with Crippen molar-refractivity contribution in [3.05, 3.63) is 27.7 Å². The van der Waals surface area contributed by atoms with Crippen LogP contribution in [0.2, 0.25) is 5.02 Å². The third-order valence-corrected chi connectivity index (χ3v) is 4.07. The van der Waals surface area contributed by atoms with Gasteiger partial charge in [0.05, 0.1) is 11.1 Å². The van der Waals surface area contributed by atoms with E-state index in [1.54, 1.807) is 0 Å². The summed E-state index contributed by atoms with van der Waals surface area (Å²) >= 11 is 9.34. The van der Waals surface area contributed by atoms with Gasteiger partial charge in [-0.15, -0.1) is 0 Å². The molecule has 2 nitrogen and oxygen atoms in total. The van der Waals surface area contributed by atoms with E-state index in [0.29, 0.717) is 0 Å². The first-order valence-corrected chi connectivity index (χ1v) is 7.73. The smallest absolute Gasteiger partial charge is 0.133 e. The van der Waals surface area contributed by atoms with Gasteiger partial charge in [0.2, 0.25) is 0 Å². The Hall–Kier alpha value is 0.230. The molecule has 2 rings (SSSR count). The van der Waals surface area contributed by atoms with Crippen LogP contribution in [-0.4, -0.2) is 31.1 Å². The first-order valence-electron chi connectivity index (χ1n) is 6.56. The maximum absolute atomic E-state index is 5.89. The molecule has 1 heterocycles. The standard InChI is InChI=1S/C14H19BrClNO.BrH/c15-13-11-12(16)5-6-14(13)18-10-4-9-17-7-2-1-3-8-17;/h5-6,11H,1-4,7-10H2;1H/p-1. The van der Waals surface area contributed by atoms with E-state index >= 15 is 0 Å². The van der Waals surface area contributed by atoms with Crippen LogP contribution < -0.4 is 21.7 Å². The molecule has 1 aliphatic rings. The molecule has 0 aliphatic carbocycles. The predicted molar refractivity (Wildman–Crippen MR) is 79.6 cm³/mol. The Balaban J connectivity index is 0.00000180. The van der Waals surface area contributed by atoms with Gasteiger partial charge in [-0.2, -0.15) is 0 Å². The second-order valence-corrected chi connectivity index (χ2v) is 5.97. The van der Waals surface area contributed by atoms with E-state index in [1.165, 1.54) is 32.4 Å². The molecular weight excluding hydrogens is 393 g/mol. The number of hydrogen-bond acceptors (Lipinski definition) is 2. The number of ether oxygens (including phenoxy) is 1. The van der Waals surface area contributed by atoms with Crippen LogP contribution in [0.25, 0.3) is 0 Å². The first-order chi connectivity index (χ1) is 8.75. The van der Waals surface area contributed by atoms with E-state index in [2.05, 4.69) is 20.8 Å². The Morgan fingerprint density at radius 2 is 1.95 bits per heavy atom. The van der Waals surface area contributed by atoms with Crippen LogP contribution in [-0.2, 0) is 0 Å². The molecule has 1 fully saturated rings. The SMILES string of the molecule is Clc1ccc(OCCCN2CCCCC2)c(Br)c1.[Br-]. The molecule has 0 aromatic heterocycles. The molecule has 1 aromatic rings. The van der Waals surface area contributed by atoms with Crippen LogP contribution in [0.3, 0.4) is 0 Å². The van der Waals surface area contributed by atoms with Crippen molar-refractivity contribution in [2.45, 2.75) is 25.7 Å². The summed E-state index contributed by atoms with van der Waals surface area (Å²) in [6, 6.07) is 5.63. The van der Waals surface area contributed by atoms with Crippen molar-refractivity contribution >= 4 is 27.5 Å². The Morgan fingerprint density at radius 3 is 2.63 bits per heavy atom. The third-order valence-electron chi connectivity index (χ3n) is 3.22. The molecule has 0 spiro atoms. The number of nitrogens with zero attached hydrogens (tertiary/aromatic N) is 1. The van der Waals surface area contributed by atoms with Crippen LogP contribution in [0.15, 0.2) is 22.7 Å². The lowest BCUT2D eigenvalue weighted by Gasteiger charge is -2.26. The molecule has 0 saturated carbocycles. The van der Waals surface area contributed by atoms with Gasteiger partial charge < -0.3 is 26.6 Å². The van der Waals surface area contributed by atoms with E-state index in [-0.39, 0.29) is 17.0 Å². The molecule has 1 saturated heterocycles. The molecule has 108 valence electrons. The summed E-state index contributed by atoms with van der Waals surface area (Å²) in [7, 11) is 0. The van der Waals surface area contributed by atoms with Gasteiger partial charge in [-0.3, -0.25) is 0 Å². The Morgan fingerprint density at radius 1 is 1.21 bits per heavy atom. The first kappa shape index (κ1) is 17.3. The highest BCUT2D eigenvalue weighted by molar-refractivity contribution is 9.10. The van der Waals surface area contributed by atoms with E-state index in [4.69, 9.17) is 16.3 Å². The monoisotopic (exact) mass is 410 g/mol. The molecule has 0 bridgehead atoms. The molecule has 0 N–H and O–H groups in total. The molecule has 1 aromatic carbocycles. The van der Waals surface area contributed by atoms with E-state index in [0.717, 1.165) is 34.8 Å². The molecule has 0 atom stereocenters. The highest BCUT2D eigenvalue weighted by atomic mass is 79.9. The van der Waals surface area contributed by atoms with Gasteiger partial charge in [-0.05, 0) is 66.5 Å². The van der Waals surface area contributed by atoms with Gasteiger partial charge in [-0.1, -0.05) is 18.0 Å². The highest BCUT2D eigenvalue weighted by Crippen LogP contribution is 2.28. The third kappa shape index (κ3) is 6.03. The molecule has 1 aliphatic heterocycles. The van der Waals surface area contributed by atoms with Crippen molar-refractivity contribution in [1.29, 1.82) is 0 Å². The summed E-state index contributed by atoms with van der Waals surface area (Å²) in [6.07, 6.45) is 5.17. The minimum Gasteiger partial charge on any atom is -1.00 e. The van der Waals surface area contributed by atoms with Gasteiger partial charge in [0.25, 0.3) is 0 Å². The van der Waals surface area contributed by atoms with Crippen molar-refractivity contribution in [1.82, 2.24) is 4.90 Å². The quantitative estimate of drug-likeness (QED) is 0.678.